The summed E-state index contributed by atoms with van der Waals surface area (Å²) in [5.41, 5.74) is 0.103. The Balaban J connectivity index is 0.000000339. The van der Waals surface area contributed by atoms with Crippen molar-refractivity contribution in [2.45, 2.75) is 50.4 Å². The van der Waals surface area contributed by atoms with Crippen molar-refractivity contribution in [1.29, 1.82) is 0 Å². The van der Waals surface area contributed by atoms with Crippen molar-refractivity contribution in [3.8, 4) is 5.88 Å². The number of hydrogen-bond donors (Lipinski definition) is 1. The standard InChI is InChI=1S/C19H28N2O3.C2HF3O2/c1-2-9-20-18(4-1)24-15-19-8-3-11-23-17(19)5-10-21(14-19)16-6-12-22-13-7-16;3-2(4,5)1(6)7/h1-2,4,9,16-17H,3,5-8,10-15H2;(H,6,7). The predicted molar refractivity (Wildman–Crippen MR) is 105 cm³/mol. The van der Waals surface area contributed by atoms with E-state index in [1.165, 1.54) is 6.42 Å². The molecule has 0 spiro atoms. The number of aromatic nitrogens is 1. The van der Waals surface area contributed by atoms with Crippen molar-refractivity contribution in [3.05, 3.63) is 24.4 Å². The molecule has 0 aromatic carbocycles. The molecule has 3 aliphatic rings. The van der Waals surface area contributed by atoms with Crippen LogP contribution in [0, 0.1) is 5.41 Å². The number of hydrogen-bond acceptors (Lipinski definition) is 6. The molecule has 3 aliphatic heterocycles. The first-order valence-corrected chi connectivity index (χ1v) is 10.6. The van der Waals surface area contributed by atoms with Crippen LogP contribution in [0.15, 0.2) is 24.4 Å². The number of nitrogens with zero attached hydrogens (tertiary/aromatic N) is 2. The third kappa shape index (κ3) is 6.54. The molecule has 1 aromatic rings. The second-order valence-corrected chi connectivity index (χ2v) is 8.19. The fourth-order valence-electron chi connectivity index (χ4n) is 4.55. The molecule has 3 fully saturated rings. The van der Waals surface area contributed by atoms with Gasteiger partial charge in [-0.25, -0.2) is 9.78 Å². The summed E-state index contributed by atoms with van der Waals surface area (Å²) in [7, 11) is 0. The lowest BCUT2D eigenvalue weighted by molar-refractivity contribution is -0.192. The summed E-state index contributed by atoms with van der Waals surface area (Å²) in [5.74, 6) is -2.04. The van der Waals surface area contributed by atoms with Gasteiger partial charge in [-0.15, -0.1) is 0 Å². The smallest absolute Gasteiger partial charge is 0.477 e. The molecule has 3 saturated heterocycles. The van der Waals surface area contributed by atoms with E-state index in [-0.39, 0.29) is 5.41 Å². The van der Waals surface area contributed by atoms with Gasteiger partial charge in [0.05, 0.1) is 12.7 Å². The zero-order valence-corrected chi connectivity index (χ0v) is 17.4. The summed E-state index contributed by atoms with van der Waals surface area (Å²) in [5, 5.41) is 7.12. The molecule has 4 heterocycles. The first-order valence-electron chi connectivity index (χ1n) is 10.6. The Kier molecular flexibility index (Phi) is 8.12. The van der Waals surface area contributed by atoms with Crippen LogP contribution >= 0.6 is 0 Å². The molecule has 31 heavy (non-hydrogen) atoms. The first kappa shape index (κ1) is 23.7. The maximum Gasteiger partial charge on any atom is 0.490 e. The van der Waals surface area contributed by atoms with E-state index >= 15 is 0 Å². The minimum atomic E-state index is -5.08. The van der Waals surface area contributed by atoms with Gasteiger partial charge in [0.2, 0.25) is 5.88 Å². The number of aliphatic carboxylic acids is 1. The zero-order chi connectivity index (χ0) is 22.3. The number of alkyl halides is 3. The molecule has 4 rings (SSSR count). The van der Waals surface area contributed by atoms with E-state index in [1.54, 1.807) is 6.20 Å². The number of carboxylic acid groups (broad SMARTS) is 1. The lowest BCUT2D eigenvalue weighted by Crippen LogP contribution is -2.59. The maximum atomic E-state index is 10.6. The van der Waals surface area contributed by atoms with Crippen LogP contribution in [0.3, 0.4) is 0 Å². The van der Waals surface area contributed by atoms with Gasteiger partial charge in [0.1, 0.15) is 0 Å². The molecular formula is C21H29F3N2O5. The van der Waals surface area contributed by atoms with Gasteiger partial charge < -0.3 is 19.3 Å². The number of halogens is 3. The number of likely N-dealkylation sites (tertiary alicyclic amines) is 1. The number of fused-ring (bicyclic) bond motifs is 1. The highest BCUT2D eigenvalue weighted by Crippen LogP contribution is 2.41. The third-order valence-electron chi connectivity index (χ3n) is 6.11. The zero-order valence-electron chi connectivity index (χ0n) is 17.4. The number of rotatable bonds is 4. The van der Waals surface area contributed by atoms with Crippen LogP contribution in [0.5, 0.6) is 5.88 Å². The summed E-state index contributed by atoms with van der Waals surface area (Å²) < 4.78 is 49.5. The Morgan fingerprint density at radius 2 is 2.00 bits per heavy atom. The minimum absolute atomic E-state index is 0.103. The third-order valence-corrected chi connectivity index (χ3v) is 6.11. The second kappa shape index (κ2) is 10.6. The van der Waals surface area contributed by atoms with Gasteiger partial charge in [-0.2, -0.15) is 13.2 Å². The quantitative estimate of drug-likeness (QED) is 0.761. The predicted octanol–water partition coefficient (Wildman–Crippen LogP) is 3.14. The van der Waals surface area contributed by atoms with E-state index in [0.717, 1.165) is 64.5 Å². The summed E-state index contributed by atoms with van der Waals surface area (Å²) in [6.45, 7) is 5.62. The van der Waals surface area contributed by atoms with Crippen molar-refractivity contribution in [1.82, 2.24) is 9.88 Å². The van der Waals surface area contributed by atoms with Crippen molar-refractivity contribution in [2.75, 3.05) is 39.5 Å². The molecule has 7 nitrogen and oxygen atoms in total. The summed E-state index contributed by atoms with van der Waals surface area (Å²) in [6, 6.07) is 6.50. The highest BCUT2D eigenvalue weighted by Gasteiger charge is 2.48. The summed E-state index contributed by atoms with van der Waals surface area (Å²) >= 11 is 0. The number of pyridine rings is 1. The lowest BCUT2D eigenvalue weighted by Gasteiger charge is -2.52. The maximum absolute atomic E-state index is 10.6. The van der Waals surface area contributed by atoms with Crippen molar-refractivity contribution < 1.29 is 37.3 Å². The molecule has 2 unspecified atom stereocenters. The van der Waals surface area contributed by atoms with Gasteiger partial charge in [0, 0.05) is 56.6 Å². The van der Waals surface area contributed by atoms with E-state index in [4.69, 9.17) is 24.1 Å². The van der Waals surface area contributed by atoms with E-state index < -0.39 is 12.1 Å². The molecule has 1 N–H and O–H groups in total. The van der Waals surface area contributed by atoms with Crippen LogP contribution in [0.4, 0.5) is 13.2 Å². The minimum Gasteiger partial charge on any atom is -0.477 e. The normalized spacial score (nSPS) is 27.5. The number of ether oxygens (including phenoxy) is 3. The SMILES string of the molecule is O=C(O)C(F)(F)F.c1ccc(OCC23CCCOC2CCN(C2CCOCC2)C3)nc1. The van der Waals surface area contributed by atoms with Crippen LogP contribution in [0.25, 0.3) is 0 Å². The number of piperidine rings is 1. The monoisotopic (exact) mass is 446 g/mol. The molecular weight excluding hydrogens is 417 g/mol. The van der Waals surface area contributed by atoms with E-state index in [0.29, 0.717) is 18.8 Å². The molecule has 1 aromatic heterocycles. The Morgan fingerprint density at radius 1 is 1.26 bits per heavy atom. The first-order chi connectivity index (χ1) is 14.8. The number of carbonyl (C=O) groups is 1. The molecule has 0 saturated carbocycles. The Hall–Kier alpha value is -1.91. The van der Waals surface area contributed by atoms with Crippen molar-refractivity contribution >= 4 is 5.97 Å². The van der Waals surface area contributed by atoms with Gasteiger partial charge in [-0.3, -0.25) is 4.90 Å². The molecule has 0 amide bonds. The van der Waals surface area contributed by atoms with Crippen molar-refractivity contribution in [2.24, 2.45) is 5.41 Å². The van der Waals surface area contributed by atoms with Crippen LogP contribution in [0.1, 0.15) is 32.1 Å². The van der Waals surface area contributed by atoms with Gasteiger partial charge >= 0.3 is 12.1 Å². The average molecular weight is 446 g/mol. The van der Waals surface area contributed by atoms with Crippen molar-refractivity contribution in [3.63, 3.8) is 0 Å². The van der Waals surface area contributed by atoms with Gasteiger partial charge in [-0.05, 0) is 38.2 Å². The van der Waals surface area contributed by atoms with Gasteiger partial charge in [-0.1, -0.05) is 6.07 Å². The number of carboxylic acids is 1. The lowest BCUT2D eigenvalue weighted by atomic mass is 9.72. The van der Waals surface area contributed by atoms with Crippen LogP contribution in [-0.2, 0) is 14.3 Å². The van der Waals surface area contributed by atoms with Crippen LogP contribution in [-0.4, -0.2) is 78.8 Å². The average Bonchev–Trinajstić information content (AvgIpc) is 2.78. The molecule has 174 valence electrons. The topological polar surface area (TPSA) is 81.1 Å². The Bertz CT molecular complexity index is 700. The Labute approximate surface area is 179 Å². The van der Waals surface area contributed by atoms with Gasteiger partial charge in [0.15, 0.2) is 0 Å². The second-order valence-electron chi connectivity index (χ2n) is 8.19. The Morgan fingerprint density at radius 3 is 2.65 bits per heavy atom. The van der Waals surface area contributed by atoms with E-state index in [1.807, 2.05) is 18.2 Å². The van der Waals surface area contributed by atoms with Crippen LogP contribution < -0.4 is 4.74 Å². The molecule has 0 aliphatic carbocycles. The van der Waals surface area contributed by atoms with Crippen LogP contribution in [0.2, 0.25) is 0 Å². The van der Waals surface area contributed by atoms with E-state index in [2.05, 4.69) is 9.88 Å². The highest BCUT2D eigenvalue weighted by molar-refractivity contribution is 5.73. The highest BCUT2D eigenvalue weighted by atomic mass is 19.4. The largest absolute Gasteiger partial charge is 0.490 e. The summed E-state index contributed by atoms with van der Waals surface area (Å²) in [6.07, 6.45) is 2.77. The molecule has 2 atom stereocenters. The van der Waals surface area contributed by atoms with E-state index in [9.17, 15) is 13.2 Å². The fourth-order valence-corrected chi connectivity index (χ4v) is 4.55. The molecule has 0 radical (unpaired) electrons. The molecule has 10 heteroatoms. The summed E-state index contributed by atoms with van der Waals surface area (Å²) in [4.78, 5) is 15.9. The van der Waals surface area contributed by atoms with Gasteiger partial charge in [0.25, 0.3) is 0 Å². The molecule has 0 bridgehead atoms. The fraction of sp³-hybridized carbons (Fsp3) is 0.714.